The molecule has 7 nitrogen and oxygen atoms in total. The van der Waals surface area contributed by atoms with Crippen LogP contribution >= 0.6 is 0 Å². The van der Waals surface area contributed by atoms with Crippen LogP contribution in [0, 0.1) is 0 Å². The van der Waals surface area contributed by atoms with E-state index in [0.717, 1.165) is 5.06 Å². The van der Waals surface area contributed by atoms with E-state index in [2.05, 4.69) is 5.32 Å². The van der Waals surface area contributed by atoms with Crippen LogP contribution in [0.15, 0.2) is 24.3 Å². The van der Waals surface area contributed by atoms with Gasteiger partial charge in [-0.3, -0.25) is 14.4 Å². The monoisotopic (exact) mass is 360 g/mol. The summed E-state index contributed by atoms with van der Waals surface area (Å²) in [5.41, 5.74) is 0.214. The number of benzene rings is 1. The van der Waals surface area contributed by atoms with Crippen molar-refractivity contribution in [2.75, 3.05) is 0 Å². The van der Waals surface area contributed by atoms with E-state index >= 15 is 0 Å². The average Bonchev–Trinajstić information content (AvgIpc) is 2.80. The van der Waals surface area contributed by atoms with Crippen molar-refractivity contribution in [1.29, 1.82) is 0 Å². The summed E-state index contributed by atoms with van der Waals surface area (Å²) < 4.78 is 5.26. The van der Waals surface area contributed by atoms with Gasteiger partial charge in [0.25, 0.3) is 11.8 Å². The lowest BCUT2D eigenvalue weighted by Gasteiger charge is -2.31. The summed E-state index contributed by atoms with van der Waals surface area (Å²) in [5.74, 6) is -0.834. The number of fused-ring (bicyclic) bond motifs is 1. The molecule has 26 heavy (non-hydrogen) atoms. The predicted molar refractivity (Wildman–Crippen MR) is 93.4 cm³/mol. The van der Waals surface area contributed by atoms with Crippen LogP contribution in [-0.4, -0.2) is 40.7 Å². The van der Waals surface area contributed by atoms with Crippen molar-refractivity contribution in [1.82, 2.24) is 10.4 Å². The number of amides is 3. The highest BCUT2D eigenvalue weighted by molar-refractivity contribution is 6.20. The second-order valence-corrected chi connectivity index (χ2v) is 7.68. The first-order valence-corrected chi connectivity index (χ1v) is 8.89. The largest absolute Gasteiger partial charge is 0.444 e. The molecule has 0 aromatic heterocycles. The van der Waals surface area contributed by atoms with Gasteiger partial charge in [0.15, 0.2) is 0 Å². The molecule has 1 heterocycles. The van der Waals surface area contributed by atoms with Crippen LogP contribution in [0.5, 0.6) is 0 Å². The molecule has 1 aromatic rings. The Morgan fingerprint density at radius 3 is 2.08 bits per heavy atom. The average molecular weight is 360 g/mol. The van der Waals surface area contributed by atoms with E-state index in [-0.39, 0.29) is 12.1 Å². The van der Waals surface area contributed by atoms with Gasteiger partial charge < -0.3 is 10.1 Å². The van der Waals surface area contributed by atoms with Crippen molar-refractivity contribution in [3.05, 3.63) is 35.4 Å². The van der Waals surface area contributed by atoms with Crippen molar-refractivity contribution in [3.8, 4) is 0 Å². The van der Waals surface area contributed by atoms with Gasteiger partial charge in [0.05, 0.1) is 17.2 Å². The van der Waals surface area contributed by atoms with E-state index in [1.807, 2.05) is 20.8 Å². The molecule has 1 aliphatic heterocycles. The quantitative estimate of drug-likeness (QED) is 0.838. The number of carbonyl (C=O) groups is 3. The van der Waals surface area contributed by atoms with Crippen LogP contribution in [0.1, 0.15) is 67.2 Å². The lowest BCUT2D eigenvalue weighted by molar-refractivity contribution is -0.142. The fourth-order valence-electron chi connectivity index (χ4n) is 3.20. The molecular formula is C19H24N2O5. The third-order valence-corrected chi connectivity index (χ3v) is 4.41. The Hall–Kier alpha value is -2.41. The summed E-state index contributed by atoms with van der Waals surface area (Å²) in [5, 5.41) is 3.73. The number of hydrogen-bond donors (Lipinski definition) is 1. The third-order valence-electron chi connectivity index (χ3n) is 4.41. The fourth-order valence-corrected chi connectivity index (χ4v) is 3.20. The molecule has 2 aliphatic rings. The Kier molecular flexibility index (Phi) is 5.00. The zero-order valence-electron chi connectivity index (χ0n) is 15.3. The highest BCUT2D eigenvalue weighted by Crippen LogP contribution is 2.27. The van der Waals surface area contributed by atoms with E-state index in [9.17, 15) is 14.4 Å². The normalized spacial score (nSPS) is 23.0. The number of alkyl carbamates (subject to hydrolysis) is 1. The van der Waals surface area contributed by atoms with Crippen molar-refractivity contribution < 1.29 is 24.0 Å². The third kappa shape index (κ3) is 4.04. The maximum atomic E-state index is 12.3. The number of nitrogens with one attached hydrogen (secondary N) is 1. The minimum absolute atomic E-state index is 0.00637. The molecule has 1 fully saturated rings. The minimum Gasteiger partial charge on any atom is -0.444 e. The van der Waals surface area contributed by atoms with Gasteiger partial charge in [0.1, 0.15) is 5.60 Å². The standard InChI is InChI=1S/C19H24N2O5/c1-19(2,3)25-18(24)20-12-8-10-13(11-9-12)26-21-16(22)14-6-4-5-7-15(14)17(21)23/h4-7,12-13H,8-11H2,1-3H3,(H,20,24). The van der Waals surface area contributed by atoms with Crippen molar-refractivity contribution in [2.45, 2.75) is 64.2 Å². The highest BCUT2D eigenvalue weighted by Gasteiger charge is 2.38. The maximum Gasteiger partial charge on any atom is 0.407 e. The van der Waals surface area contributed by atoms with Crippen molar-refractivity contribution in [2.24, 2.45) is 0 Å². The van der Waals surface area contributed by atoms with Gasteiger partial charge in [0.2, 0.25) is 0 Å². The second-order valence-electron chi connectivity index (χ2n) is 7.68. The summed E-state index contributed by atoms with van der Waals surface area (Å²) in [7, 11) is 0. The molecule has 1 N–H and O–H groups in total. The molecule has 3 amide bonds. The SMILES string of the molecule is CC(C)(C)OC(=O)NC1CCC(ON2C(=O)c3ccccc3C2=O)CC1. The van der Waals surface area contributed by atoms with Gasteiger partial charge in [-0.1, -0.05) is 12.1 Å². The molecule has 1 saturated carbocycles. The highest BCUT2D eigenvalue weighted by atomic mass is 16.7. The maximum absolute atomic E-state index is 12.3. The summed E-state index contributed by atoms with van der Waals surface area (Å²) in [4.78, 5) is 42.2. The molecule has 1 aromatic carbocycles. The zero-order chi connectivity index (χ0) is 18.9. The summed E-state index contributed by atoms with van der Waals surface area (Å²) in [6, 6.07) is 6.70. The van der Waals surface area contributed by atoms with Gasteiger partial charge >= 0.3 is 6.09 Å². The van der Waals surface area contributed by atoms with E-state index < -0.39 is 23.5 Å². The van der Waals surface area contributed by atoms with Gasteiger partial charge in [-0.2, -0.15) is 0 Å². The fraction of sp³-hybridized carbons (Fsp3) is 0.526. The first-order chi connectivity index (χ1) is 12.2. The van der Waals surface area contributed by atoms with Gasteiger partial charge in [-0.25, -0.2) is 4.79 Å². The Balaban J connectivity index is 1.50. The molecule has 0 radical (unpaired) electrons. The molecular weight excluding hydrogens is 336 g/mol. The second kappa shape index (κ2) is 7.07. The molecule has 0 saturated heterocycles. The number of rotatable bonds is 3. The number of hydroxylamine groups is 2. The Labute approximate surface area is 152 Å². The Morgan fingerprint density at radius 2 is 1.58 bits per heavy atom. The predicted octanol–water partition coefficient (Wildman–Crippen LogP) is 3.05. The summed E-state index contributed by atoms with van der Waals surface area (Å²) >= 11 is 0. The Bertz CT molecular complexity index is 682. The number of hydrogen-bond acceptors (Lipinski definition) is 5. The first kappa shape index (κ1) is 18.4. The first-order valence-electron chi connectivity index (χ1n) is 8.89. The Morgan fingerprint density at radius 1 is 1.04 bits per heavy atom. The number of imide groups is 1. The van der Waals surface area contributed by atoms with Gasteiger partial charge in [0, 0.05) is 6.04 Å². The number of nitrogens with zero attached hydrogens (tertiary/aromatic N) is 1. The minimum atomic E-state index is -0.532. The molecule has 0 atom stereocenters. The summed E-state index contributed by atoms with van der Waals surface area (Å²) in [6.45, 7) is 5.46. The molecule has 0 unspecified atom stereocenters. The topological polar surface area (TPSA) is 84.9 Å². The van der Waals surface area contributed by atoms with Gasteiger partial charge in [-0.05, 0) is 58.6 Å². The van der Waals surface area contributed by atoms with Crippen LogP contribution in [-0.2, 0) is 9.57 Å². The number of carbonyl (C=O) groups excluding carboxylic acids is 3. The van der Waals surface area contributed by atoms with Crippen LogP contribution < -0.4 is 5.32 Å². The molecule has 0 spiro atoms. The van der Waals surface area contributed by atoms with Crippen molar-refractivity contribution in [3.63, 3.8) is 0 Å². The van der Waals surface area contributed by atoms with Crippen LogP contribution in [0.3, 0.4) is 0 Å². The van der Waals surface area contributed by atoms with E-state index in [1.165, 1.54) is 0 Å². The van der Waals surface area contributed by atoms with E-state index in [4.69, 9.17) is 9.57 Å². The molecule has 1 aliphatic carbocycles. The zero-order valence-corrected chi connectivity index (χ0v) is 15.3. The summed E-state index contributed by atoms with van der Waals surface area (Å²) in [6.07, 6.45) is 2.04. The van der Waals surface area contributed by atoms with Crippen LogP contribution in [0.2, 0.25) is 0 Å². The lowest BCUT2D eigenvalue weighted by Crippen LogP contribution is -2.43. The van der Waals surface area contributed by atoms with Crippen LogP contribution in [0.25, 0.3) is 0 Å². The van der Waals surface area contributed by atoms with Crippen LogP contribution in [0.4, 0.5) is 4.79 Å². The molecule has 7 heteroatoms. The van der Waals surface area contributed by atoms with Crippen molar-refractivity contribution >= 4 is 17.9 Å². The van der Waals surface area contributed by atoms with E-state index in [1.54, 1.807) is 24.3 Å². The van der Waals surface area contributed by atoms with E-state index in [0.29, 0.717) is 36.8 Å². The molecule has 140 valence electrons. The molecule has 3 rings (SSSR count). The smallest absolute Gasteiger partial charge is 0.407 e. The molecule has 0 bridgehead atoms. The lowest BCUT2D eigenvalue weighted by atomic mass is 9.93. The number of ether oxygens (including phenoxy) is 1. The van der Waals surface area contributed by atoms with Gasteiger partial charge in [-0.15, -0.1) is 5.06 Å².